The summed E-state index contributed by atoms with van der Waals surface area (Å²) in [6, 6.07) is 11.0. The molecule has 6 nitrogen and oxygen atoms in total. The lowest BCUT2D eigenvalue weighted by Crippen LogP contribution is -2.48. The molecular formula is C22H28N3O3+. The number of non-ortho nitro benzene ring substituents is 1. The van der Waals surface area contributed by atoms with Gasteiger partial charge in [-0.1, -0.05) is 31.4 Å². The Labute approximate surface area is 166 Å². The SMILES string of the molecule is CCN(C(=O)C[n+]1ccc(Cc2ccc([N+](=O)[O-])cc2)cc1)C1CCCCC1. The van der Waals surface area contributed by atoms with Crippen molar-refractivity contribution >= 4 is 11.6 Å². The van der Waals surface area contributed by atoms with Crippen LogP contribution in [0, 0.1) is 10.1 Å². The first-order valence-corrected chi connectivity index (χ1v) is 10.1. The Bertz CT molecular complexity index is 797. The summed E-state index contributed by atoms with van der Waals surface area (Å²) >= 11 is 0. The van der Waals surface area contributed by atoms with E-state index in [9.17, 15) is 14.9 Å². The van der Waals surface area contributed by atoms with Gasteiger partial charge in [-0.15, -0.1) is 0 Å². The van der Waals surface area contributed by atoms with E-state index in [0.29, 0.717) is 19.0 Å². The average Bonchev–Trinajstić information content (AvgIpc) is 2.71. The Morgan fingerprint density at radius 2 is 1.68 bits per heavy atom. The van der Waals surface area contributed by atoms with Crippen molar-refractivity contribution < 1.29 is 14.3 Å². The number of pyridine rings is 1. The number of carbonyl (C=O) groups is 1. The summed E-state index contributed by atoms with van der Waals surface area (Å²) in [7, 11) is 0. The fourth-order valence-corrected chi connectivity index (χ4v) is 3.96. The van der Waals surface area contributed by atoms with Crippen LogP contribution in [0.15, 0.2) is 48.8 Å². The van der Waals surface area contributed by atoms with Crippen molar-refractivity contribution in [3.8, 4) is 0 Å². The van der Waals surface area contributed by atoms with Crippen molar-refractivity contribution in [1.29, 1.82) is 0 Å². The summed E-state index contributed by atoms with van der Waals surface area (Å²) < 4.78 is 1.92. The first-order chi connectivity index (χ1) is 13.6. The zero-order valence-electron chi connectivity index (χ0n) is 16.4. The van der Waals surface area contributed by atoms with Crippen molar-refractivity contribution in [2.75, 3.05) is 6.54 Å². The van der Waals surface area contributed by atoms with E-state index >= 15 is 0 Å². The van der Waals surface area contributed by atoms with Crippen LogP contribution in [0.25, 0.3) is 0 Å². The molecule has 0 radical (unpaired) electrons. The van der Waals surface area contributed by atoms with E-state index in [4.69, 9.17) is 0 Å². The van der Waals surface area contributed by atoms with Gasteiger partial charge in [-0.3, -0.25) is 14.9 Å². The standard InChI is InChI=1S/C22H28N3O3/c1-2-24(20-6-4-3-5-7-20)22(26)17-23-14-12-19(13-15-23)16-18-8-10-21(11-9-18)25(27)28/h8-15,20H,2-7,16-17H2,1H3/q+1. The van der Waals surface area contributed by atoms with Crippen LogP contribution in [-0.2, 0) is 17.8 Å². The van der Waals surface area contributed by atoms with E-state index in [1.807, 2.05) is 34.0 Å². The van der Waals surface area contributed by atoms with E-state index in [1.165, 1.54) is 31.4 Å². The fraction of sp³-hybridized carbons (Fsp3) is 0.455. The number of carbonyl (C=O) groups excluding carboxylic acids is 1. The number of nitro groups is 1. The first-order valence-electron chi connectivity index (χ1n) is 10.1. The molecule has 2 aromatic rings. The molecule has 1 saturated carbocycles. The van der Waals surface area contributed by atoms with E-state index in [0.717, 1.165) is 30.5 Å². The van der Waals surface area contributed by atoms with E-state index in [2.05, 4.69) is 6.92 Å². The van der Waals surface area contributed by atoms with Gasteiger partial charge >= 0.3 is 0 Å². The quantitative estimate of drug-likeness (QED) is 0.417. The number of aromatic nitrogens is 1. The minimum Gasteiger partial charge on any atom is -0.335 e. The topological polar surface area (TPSA) is 67.3 Å². The number of nitro benzene ring substituents is 1. The van der Waals surface area contributed by atoms with E-state index in [-0.39, 0.29) is 16.5 Å². The van der Waals surface area contributed by atoms with Gasteiger partial charge in [0.25, 0.3) is 11.6 Å². The van der Waals surface area contributed by atoms with Crippen LogP contribution in [0.1, 0.15) is 50.2 Å². The molecule has 28 heavy (non-hydrogen) atoms. The Morgan fingerprint density at radius 3 is 2.25 bits per heavy atom. The lowest BCUT2D eigenvalue weighted by atomic mass is 9.94. The molecule has 6 heteroatoms. The number of amides is 1. The second kappa shape index (κ2) is 9.44. The molecule has 1 aliphatic carbocycles. The molecule has 0 aliphatic heterocycles. The molecule has 0 bridgehead atoms. The lowest BCUT2D eigenvalue weighted by molar-refractivity contribution is -0.685. The molecule has 0 unspecified atom stereocenters. The molecule has 1 amide bonds. The summed E-state index contributed by atoms with van der Waals surface area (Å²) in [5.41, 5.74) is 2.23. The van der Waals surface area contributed by atoms with Crippen LogP contribution in [0.3, 0.4) is 0 Å². The van der Waals surface area contributed by atoms with Gasteiger partial charge in [0, 0.05) is 36.9 Å². The van der Waals surface area contributed by atoms with Crippen molar-refractivity contribution in [3.05, 3.63) is 70.0 Å². The summed E-state index contributed by atoms with van der Waals surface area (Å²) in [6.45, 7) is 3.19. The van der Waals surface area contributed by atoms with Gasteiger partial charge in [-0.2, -0.15) is 4.57 Å². The number of rotatable bonds is 7. The molecule has 0 atom stereocenters. The average molecular weight is 382 g/mol. The monoisotopic (exact) mass is 382 g/mol. The van der Waals surface area contributed by atoms with Gasteiger partial charge in [-0.25, -0.2) is 0 Å². The van der Waals surface area contributed by atoms with Crippen molar-refractivity contribution in [2.45, 2.75) is 58.0 Å². The third kappa shape index (κ3) is 5.15. The van der Waals surface area contributed by atoms with Gasteiger partial charge in [0.15, 0.2) is 12.4 Å². The Hall–Kier alpha value is -2.76. The van der Waals surface area contributed by atoms with Gasteiger partial charge < -0.3 is 4.90 Å². The van der Waals surface area contributed by atoms with E-state index < -0.39 is 0 Å². The second-order valence-electron chi connectivity index (χ2n) is 7.45. The smallest absolute Gasteiger partial charge is 0.288 e. The van der Waals surface area contributed by atoms with Gasteiger partial charge in [-0.05, 0) is 37.3 Å². The predicted molar refractivity (Wildman–Crippen MR) is 107 cm³/mol. The van der Waals surface area contributed by atoms with E-state index in [1.54, 1.807) is 12.1 Å². The van der Waals surface area contributed by atoms with Gasteiger partial charge in [0.2, 0.25) is 6.54 Å². The largest absolute Gasteiger partial charge is 0.335 e. The number of hydrogen-bond acceptors (Lipinski definition) is 3. The molecule has 0 N–H and O–H groups in total. The zero-order chi connectivity index (χ0) is 19.9. The second-order valence-corrected chi connectivity index (χ2v) is 7.45. The maximum Gasteiger partial charge on any atom is 0.288 e. The summed E-state index contributed by atoms with van der Waals surface area (Å²) in [5, 5.41) is 10.7. The Kier molecular flexibility index (Phi) is 6.74. The molecule has 148 valence electrons. The third-order valence-electron chi connectivity index (χ3n) is 5.51. The Morgan fingerprint density at radius 1 is 1.07 bits per heavy atom. The number of nitrogens with zero attached hydrogens (tertiary/aromatic N) is 3. The molecule has 1 aliphatic rings. The summed E-state index contributed by atoms with van der Waals surface area (Å²) in [6.07, 6.45) is 10.6. The molecule has 3 rings (SSSR count). The van der Waals surface area contributed by atoms with Gasteiger partial charge in [0.1, 0.15) is 0 Å². The van der Waals surface area contributed by atoms with Crippen LogP contribution in [0.2, 0.25) is 0 Å². The lowest BCUT2D eigenvalue weighted by Gasteiger charge is -2.32. The van der Waals surface area contributed by atoms with Gasteiger partial charge in [0.05, 0.1) is 4.92 Å². The molecule has 1 aromatic heterocycles. The summed E-state index contributed by atoms with van der Waals surface area (Å²) in [4.78, 5) is 25.1. The molecule has 0 spiro atoms. The highest BCUT2D eigenvalue weighted by molar-refractivity contribution is 5.75. The van der Waals surface area contributed by atoms with Crippen LogP contribution in [-0.4, -0.2) is 28.3 Å². The minimum absolute atomic E-state index is 0.103. The highest BCUT2D eigenvalue weighted by Gasteiger charge is 2.26. The fourth-order valence-electron chi connectivity index (χ4n) is 3.96. The van der Waals surface area contributed by atoms with Crippen LogP contribution in [0.4, 0.5) is 5.69 Å². The van der Waals surface area contributed by atoms with Crippen LogP contribution < -0.4 is 4.57 Å². The minimum atomic E-state index is -0.390. The van der Waals surface area contributed by atoms with Crippen molar-refractivity contribution in [3.63, 3.8) is 0 Å². The molecule has 1 heterocycles. The maximum atomic E-state index is 12.8. The summed E-state index contributed by atoms with van der Waals surface area (Å²) in [5.74, 6) is 0.183. The number of hydrogen-bond donors (Lipinski definition) is 0. The molecule has 1 fully saturated rings. The van der Waals surface area contributed by atoms with Crippen molar-refractivity contribution in [2.24, 2.45) is 0 Å². The van der Waals surface area contributed by atoms with Crippen LogP contribution >= 0.6 is 0 Å². The predicted octanol–water partition coefficient (Wildman–Crippen LogP) is 3.65. The zero-order valence-corrected chi connectivity index (χ0v) is 16.4. The molecule has 1 aromatic carbocycles. The normalized spacial score (nSPS) is 14.6. The number of likely N-dealkylation sites (N-methyl/N-ethyl adjacent to an activating group) is 1. The third-order valence-corrected chi connectivity index (χ3v) is 5.51. The highest BCUT2D eigenvalue weighted by Crippen LogP contribution is 2.22. The molecular weight excluding hydrogens is 354 g/mol. The van der Waals surface area contributed by atoms with Crippen LogP contribution in [0.5, 0.6) is 0 Å². The van der Waals surface area contributed by atoms with Crippen molar-refractivity contribution in [1.82, 2.24) is 4.90 Å². The first kappa shape index (κ1) is 20.0. The highest BCUT2D eigenvalue weighted by atomic mass is 16.6. The Balaban J connectivity index is 1.58. The maximum absolute atomic E-state index is 12.8. The number of benzene rings is 1. The molecule has 0 saturated heterocycles.